The van der Waals surface area contributed by atoms with Gasteiger partial charge in [0.25, 0.3) is 0 Å². The van der Waals surface area contributed by atoms with E-state index in [2.05, 4.69) is 0 Å². The maximum absolute atomic E-state index is 13.6. The molecule has 0 bridgehead atoms. The molecule has 0 aromatic heterocycles. The lowest BCUT2D eigenvalue weighted by atomic mass is 9.98. The molecule has 0 aliphatic heterocycles. The summed E-state index contributed by atoms with van der Waals surface area (Å²) < 4.78 is 46.5. The molecule has 1 aliphatic rings. The van der Waals surface area contributed by atoms with Crippen LogP contribution in [-0.2, 0) is 4.74 Å². The number of ether oxygens (including phenoxy) is 1. The fourth-order valence-corrected chi connectivity index (χ4v) is 4.16. The van der Waals surface area contributed by atoms with Crippen LogP contribution in [0.1, 0.15) is 17.0 Å². The van der Waals surface area contributed by atoms with Crippen molar-refractivity contribution in [3.63, 3.8) is 0 Å². The van der Waals surface area contributed by atoms with E-state index in [4.69, 9.17) is 4.74 Å². The average Bonchev–Trinajstić information content (AvgIpc) is 2.99. The Morgan fingerprint density at radius 1 is 0.931 bits per heavy atom. The maximum atomic E-state index is 13.6. The summed E-state index contributed by atoms with van der Waals surface area (Å²) in [5, 5.41) is 0. The molecule has 0 unspecified atom stereocenters. The third-order valence-corrected chi connectivity index (χ3v) is 5.51. The number of hydrogen-bond donors (Lipinski definition) is 0. The first kappa shape index (κ1) is 19.8. The van der Waals surface area contributed by atoms with Gasteiger partial charge in [0.05, 0.1) is 5.69 Å². The van der Waals surface area contributed by atoms with Crippen LogP contribution in [0.25, 0.3) is 11.1 Å². The molecule has 3 nitrogen and oxygen atoms in total. The SMILES string of the molecule is O=C(OCC1c2ccccc2-c2ccccc21)N(c1cccc(I)c1)C(F)(F)F. The largest absolute Gasteiger partial charge is 0.494 e. The summed E-state index contributed by atoms with van der Waals surface area (Å²) in [6, 6.07) is 20.9. The lowest BCUT2D eigenvalue weighted by Gasteiger charge is -2.25. The number of nitrogens with zero attached hydrogens (tertiary/aromatic N) is 1. The van der Waals surface area contributed by atoms with Gasteiger partial charge in [-0.1, -0.05) is 54.6 Å². The molecule has 4 rings (SSSR count). The number of anilines is 1. The molecule has 0 fully saturated rings. The van der Waals surface area contributed by atoms with Gasteiger partial charge in [0, 0.05) is 9.49 Å². The smallest absolute Gasteiger partial charge is 0.448 e. The maximum Gasteiger partial charge on any atom is 0.494 e. The number of halogens is 4. The predicted molar refractivity (Wildman–Crippen MR) is 113 cm³/mol. The molecule has 1 aliphatic carbocycles. The Hall–Kier alpha value is -2.55. The van der Waals surface area contributed by atoms with Crippen molar-refractivity contribution in [3.05, 3.63) is 87.5 Å². The summed E-state index contributed by atoms with van der Waals surface area (Å²) in [4.78, 5) is 12.2. The quantitative estimate of drug-likeness (QED) is 0.296. The van der Waals surface area contributed by atoms with Gasteiger partial charge in [-0.3, -0.25) is 0 Å². The normalized spacial score (nSPS) is 13.0. The molecular formula is C22H15F3INO2. The van der Waals surface area contributed by atoms with E-state index in [1.54, 1.807) is 6.07 Å². The van der Waals surface area contributed by atoms with Crippen molar-refractivity contribution in [1.82, 2.24) is 0 Å². The van der Waals surface area contributed by atoms with E-state index in [0.717, 1.165) is 22.3 Å². The van der Waals surface area contributed by atoms with E-state index in [9.17, 15) is 18.0 Å². The first-order valence-corrected chi connectivity index (χ1v) is 9.91. The highest BCUT2D eigenvalue weighted by Crippen LogP contribution is 2.44. The van der Waals surface area contributed by atoms with Crippen LogP contribution in [-0.4, -0.2) is 19.0 Å². The average molecular weight is 509 g/mol. The second-order valence-electron chi connectivity index (χ2n) is 6.59. The molecule has 1 amide bonds. The van der Waals surface area contributed by atoms with E-state index < -0.39 is 12.4 Å². The Morgan fingerprint density at radius 3 is 2.07 bits per heavy atom. The topological polar surface area (TPSA) is 29.5 Å². The third-order valence-electron chi connectivity index (χ3n) is 4.84. The number of carbonyl (C=O) groups is 1. The van der Waals surface area contributed by atoms with Gasteiger partial charge in [-0.05, 0) is 63.0 Å². The third kappa shape index (κ3) is 3.83. The Kier molecular flexibility index (Phi) is 5.24. The highest BCUT2D eigenvalue weighted by atomic mass is 127. The summed E-state index contributed by atoms with van der Waals surface area (Å²) in [7, 11) is 0. The zero-order chi connectivity index (χ0) is 20.6. The van der Waals surface area contributed by atoms with Crippen LogP contribution < -0.4 is 4.90 Å². The zero-order valence-electron chi connectivity index (χ0n) is 15.0. The molecule has 29 heavy (non-hydrogen) atoms. The van der Waals surface area contributed by atoms with E-state index in [0.29, 0.717) is 3.57 Å². The second kappa shape index (κ2) is 7.70. The number of carbonyl (C=O) groups excluding carboxylic acids is 1. The van der Waals surface area contributed by atoms with Gasteiger partial charge in [0.1, 0.15) is 6.61 Å². The standard InChI is InChI=1S/C22H15F3INO2/c23-22(24,25)27(15-7-5-6-14(26)12-15)21(28)29-13-20-18-10-3-1-8-16(18)17-9-2-4-11-19(17)20/h1-12,20H,13H2. The number of alkyl halides is 3. The molecule has 3 aromatic rings. The van der Waals surface area contributed by atoms with Gasteiger partial charge in [0.15, 0.2) is 0 Å². The number of hydrogen-bond acceptors (Lipinski definition) is 2. The highest BCUT2D eigenvalue weighted by Gasteiger charge is 2.44. The van der Waals surface area contributed by atoms with Crippen LogP contribution in [0.2, 0.25) is 0 Å². The van der Waals surface area contributed by atoms with Crippen molar-refractivity contribution in [2.75, 3.05) is 11.5 Å². The fourth-order valence-electron chi connectivity index (χ4n) is 3.63. The monoisotopic (exact) mass is 509 g/mol. The van der Waals surface area contributed by atoms with Crippen LogP contribution in [0.15, 0.2) is 72.8 Å². The van der Waals surface area contributed by atoms with Crippen LogP contribution in [0.4, 0.5) is 23.7 Å². The minimum absolute atomic E-state index is 0.177. The van der Waals surface area contributed by atoms with Crippen molar-refractivity contribution in [1.29, 1.82) is 0 Å². The summed E-state index contributed by atoms with van der Waals surface area (Å²) in [5.41, 5.74) is 3.62. The Morgan fingerprint density at radius 2 is 1.52 bits per heavy atom. The van der Waals surface area contributed by atoms with Crippen molar-refractivity contribution < 1.29 is 22.7 Å². The molecule has 0 atom stereocenters. The summed E-state index contributed by atoms with van der Waals surface area (Å²) in [6.07, 6.45) is -6.34. The number of amides is 1. The van der Waals surface area contributed by atoms with Crippen LogP contribution in [0.3, 0.4) is 0 Å². The van der Waals surface area contributed by atoms with Crippen LogP contribution >= 0.6 is 22.6 Å². The van der Waals surface area contributed by atoms with Crippen molar-refractivity contribution in [2.24, 2.45) is 0 Å². The molecular weight excluding hydrogens is 494 g/mol. The van der Waals surface area contributed by atoms with Gasteiger partial charge in [-0.2, -0.15) is 4.90 Å². The highest BCUT2D eigenvalue weighted by molar-refractivity contribution is 14.1. The van der Waals surface area contributed by atoms with Crippen molar-refractivity contribution >= 4 is 34.4 Å². The van der Waals surface area contributed by atoms with Gasteiger partial charge in [-0.15, -0.1) is 13.2 Å². The molecule has 3 aromatic carbocycles. The minimum Gasteiger partial charge on any atom is -0.448 e. The molecule has 0 spiro atoms. The molecule has 0 radical (unpaired) electrons. The molecule has 7 heteroatoms. The lowest BCUT2D eigenvalue weighted by molar-refractivity contribution is -0.125. The number of rotatable bonds is 3. The number of fused-ring (bicyclic) bond motifs is 3. The molecule has 0 N–H and O–H groups in total. The summed E-state index contributed by atoms with van der Waals surface area (Å²) in [6.45, 7) is -0.177. The minimum atomic E-state index is -4.90. The van der Waals surface area contributed by atoms with Gasteiger partial charge in [0.2, 0.25) is 0 Å². The lowest BCUT2D eigenvalue weighted by Crippen LogP contribution is -2.43. The van der Waals surface area contributed by atoms with Crippen molar-refractivity contribution in [3.8, 4) is 11.1 Å². The molecule has 0 saturated carbocycles. The van der Waals surface area contributed by atoms with Crippen molar-refractivity contribution in [2.45, 2.75) is 12.2 Å². The summed E-state index contributed by atoms with van der Waals surface area (Å²) >= 11 is 1.90. The Labute approximate surface area is 179 Å². The fraction of sp³-hybridized carbons (Fsp3) is 0.136. The van der Waals surface area contributed by atoms with Gasteiger partial charge < -0.3 is 4.74 Å². The van der Waals surface area contributed by atoms with E-state index >= 15 is 0 Å². The first-order valence-electron chi connectivity index (χ1n) is 8.84. The predicted octanol–water partition coefficient (Wildman–Crippen LogP) is 6.57. The van der Waals surface area contributed by atoms with E-state index in [1.807, 2.05) is 71.1 Å². The molecule has 148 valence electrons. The van der Waals surface area contributed by atoms with E-state index in [-0.39, 0.29) is 23.1 Å². The van der Waals surface area contributed by atoms with Crippen LogP contribution in [0.5, 0.6) is 0 Å². The van der Waals surface area contributed by atoms with Gasteiger partial charge >= 0.3 is 12.4 Å². The zero-order valence-corrected chi connectivity index (χ0v) is 17.1. The summed E-state index contributed by atoms with van der Waals surface area (Å²) in [5.74, 6) is -0.308. The molecule has 0 saturated heterocycles. The Bertz CT molecular complexity index is 1020. The van der Waals surface area contributed by atoms with Crippen LogP contribution in [0, 0.1) is 3.57 Å². The van der Waals surface area contributed by atoms with Gasteiger partial charge in [-0.25, -0.2) is 4.79 Å². The number of benzene rings is 3. The van der Waals surface area contributed by atoms with E-state index in [1.165, 1.54) is 18.2 Å². The second-order valence-corrected chi connectivity index (χ2v) is 7.83. The first-order chi connectivity index (χ1) is 13.9. The molecule has 0 heterocycles. The Balaban J connectivity index is 1.60.